The predicted octanol–water partition coefficient (Wildman–Crippen LogP) is -1.48. The molecule has 0 aromatic carbocycles. The first-order chi connectivity index (χ1) is 0. The van der Waals surface area contributed by atoms with Crippen molar-refractivity contribution in [2.24, 2.45) is 0 Å². The third-order valence-electron chi connectivity index (χ3n) is 0. The smallest absolute Gasteiger partial charge is 0 e. The maximum atomic E-state index is 0. The zero-order valence-electron chi connectivity index (χ0n) is 1.78. The van der Waals surface area contributed by atoms with E-state index in [1.807, 2.05) is 0 Å². The van der Waals surface area contributed by atoms with Gasteiger partial charge in [0.1, 0.15) is 0 Å². The van der Waals surface area contributed by atoms with Gasteiger partial charge in [0.25, 0.3) is 0 Å². The molecule has 2 N–H and O–H groups in total. The Labute approximate surface area is 78.1 Å². The molecule has 4 heavy (non-hydrogen) atoms. The van der Waals surface area contributed by atoms with Crippen LogP contribution in [0.3, 0.4) is 0 Å². The summed E-state index contributed by atoms with van der Waals surface area (Å²) in [5, 5.41) is 0. The maximum absolute atomic E-state index is 0. The SMILES string of the molecule is O.[La].[LiH].[Zn]. The molecule has 0 heterocycles. The molecular formula is H3LaLiOZn. The Bertz CT molecular complexity index is 8.00. The Morgan fingerprint density at radius 3 is 1.00 bits per heavy atom. The van der Waals surface area contributed by atoms with Gasteiger partial charge in [0, 0.05) is 55.1 Å². The first kappa shape index (κ1) is 32.6. The second kappa shape index (κ2) is 18.2. The summed E-state index contributed by atoms with van der Waals surface area (Å²) >= 11 is 0. The fraction of sp³-hybridized carbons (Fsp3) is 0. The van der Waals surface area contributed by atoms with Crippen LogP contribution < -0.4 is 0 Å². The zero-order chi connectivity index (χ0) is 0. The third kappa shape index (κ3) is 8.83. The van der Waals surface area contributed by atoms with Gasteiger partial charge in [0.2, 0.25) is 0 Å². The summed E-state index contributed by atoms with van der Waals surface area (Å²) in [5.41, 5.74) is 0. The second-order valence-electron chi connectivity index (χ2n) is 0. The van der Waals surface area contributed by atoms with E-state index in [2.05, 4.69) is 0 Å². The molecule has 0 bridgehead atoms. The van der Waals surface area contributed by atoms with Crippen molar-refractivity contribution < 1.29 is 60.6 Å². The quantitative estimate of drug-likeness (QED) is 0.455. The molecule has 0 saturated heterocycles. The van der Waals surface area contributed by atoms with Crippen molar-refractivity contribution in [2.45, 2.75) is 0 Å². The van der Waals surface area contributed by atoms with E-state index in [9.17, 15) is 0 Å². The van der Waals surface area contributed by atoms with E-state index in [-0.39, 0.29) is 79.4 Å². The molecule has 0 atom stereocenters. The van der Waals surface area contributed by atoms with E-state index in [4.69, 9.17) is 0 Å². The van der Waals surface area contributed by atoms with Crippen LogP contribution in [-0.2, 0) is 19.5 Å². The Morgan fingerprint density at radius 1 is 1.00 bits per heavy atom. The number of rotatable bonds is 0. The molecule has 0 aliphatic heterocycles. The number of hydrogen-bond donors (Lipinski definition) is 0. The van der Waals surface area contributed by atoms with Gasteiger partial charge in [0.15, 0.2) is 0 Å². The molecule has 0 unspecified atom stereocenters. The Kier molecular flexibility index (Phi) is 149. The van der Waals surface area contributed by atoms with Crippen molar-refractivity contribution in [3.8, 4) is 0 Å². The van der Waals surface area contributed by atoms with Crippen LogP contribution in [0.1, 0.15) is 0 Å². The van der Waals surface area contributed by atoms with Crippen molar-refractivity contribution in [2.75, 3.05) is 0 Å². The first-order valence-electron chi connectivity index (χ1n) is 0. The van der Waals surface area contributed by atoms with Crippen molar-refractivity contribution >= 4 is 18.9 Å². The second-order valence-corrected chi connectivity index (χ2v) is 0. The molecule has 0 aromatic rings. The monoisotopic (exact) mass is 229 g/mol. The Hall–Kier alpha value is 2.38. The summed E-state index contributed by atoms with van der Waals surface area (Å²) in [4.78, 5) is 0. The van der Waals surface area contributed by atoms with Crippen molar-refractivity contribution in [1.29, 1.82) is 0 Å². The Balaban J connectivity index is 0. The van der Waals surface area contributed by atoms with Gasteiger partial charge in [0.05, 0.1) is 0 Å². The zero-order valence-corrected chi connectivity index (χ0v) is 8.38. The van der Waals surface area contributed by atoms with Crippen LogP contribution in [0.5, 0.6) is 0 Å². The summed E-state index contributed by atoms with van der Waals surface area (Å²) < 4.78 is 0. The fourth-order valence-corrected chi connectivity index (χ4v) is 0. The standard InChI is InChI=1S/La.Li.H2O.Zn.H/h;;1H2;;. The van der Waals surface area contributed by atoms with Crippen LogP contribution in [0.2, 0.25) is 0 Å². The minimum Gasteiger partial charge on any atom is 0 e. The van der Waals surface area contributed by atoms with Gasteiger partial charge in [-0.15, -0.1) is 0 Å². The summed E-state index contributed by atoms with van der Waals surface area (Å²) in [7, 11) is 0. The minimum atomic E-state index is 0. The third-order valence-corrected chi connectivity index (χ3v) is 0. The van der Waals surface area contributed by atoms with Crippen molar-refractivity contribution in [3.63, 3.8) is 0 Å². The molecule has 0 fully saturated rings. The molecule has 0 saturated carbocycles. The largest absolute Gasteiger partial charge is 0 e. The molecule has 1 radical (unpaired) electrons. The van der Waals surface area contributed by atoms with E-state index in [1.54, 1.807) is 0 Å². The van der Waals surface area contributed by atoms with Crippen LogP contribution in [0.15, 0.2) is 0 Å². The van der Waals surface area contributed by atoms with Gasteiger partial charge in [-0.05, 0) is 0 Å². The predicted molar refractivity (Wildman–Crippen MR) is 10.8 cm³/mol. The number of hydrogen-bond acceptors (Lipinski definition) is 0. The van der Waals surface area contributed by atoms with E-state index in [1.165, 1.54) is 0 Å². The normalized spacial score (nSPS) is 0. The van der Waals surface area contributed by atoms with Gasteiger partial charge in [-0.3, -0.25) is 0 Å². The molecule has 0 amide bonds. The van der Waals surface area contributed by atoms with Gasteiger partial charge < -0.3 is 5.48 Å². The Morgan fingerprint density at radius 2 is 1.00 bits per heavy atom. The van der Waals surface area contributed by atoms with Crippen LogP contribution in [-0.4, -0.2) is 24.3 Å². The van der Waals surface area contributed by atoms with Gasteiger partial charge in [-0.25, -0.2) is 0 Å². The summed E-state index contributed by atoms with van der Waals surface area (Å²) in [5.74, 6) is 0. The van der Waals surface area contributed by atoms with E-state index >= 15 is 0 Å². The van der Waals surface area contributed by atoms with Crippen molar-refractivity contribution in [1.82, 2.24) is 0 Å². The average molecular weight is 230 g/mol. The van der Waals surface area contributed by atoms with E-state index in [0.717, 1.165) is 0 Å². The van der Waals surface area contributed by atoms with Gasteiger partial charge in [-0.2, -0.15) is 0 Å². The average Bonchev–Trinajstić information content (AvgIpc) is 0. The van der Waals surface area contributed by atoms with Crippen molar-refractivity contribution in [3.05, 3.63) is 0 Å². The van der Waals surface area contributed by atoms with E-state index < -0.39 is 0 Å². The summed E-state index contributed by atoms with van der Waals surface area (Å²) in [6.07, 6.45) is 0. The molecule has 15 valence electrons. The molecule has 0 aliphatic carbocycles. The molecule has 0 spiro atoms. The fourth-order valence-electron chi connectivity index (χ4n) is 0. The van der Waals surface area contributed by atoms with Crippen LogP contribution in [0.25, 0.3) is 0 Å². The summed E-state index contributed by atoms with van der Waals surface area (Å²) in [6.45, 7) is 0. The van der Waals surface area contributed by atoms with Crippen LogP contribution in [0.4, 0.5) is 0 Å². The molecule has 0 aromatic heterocycles. The molecule has 0 rings (SSSR count). The van der Waals surface area contributed by atoms with E-state index in [0.29, 0.717) is 0 Å². The topological polar surface area (TPSA) is 31.5 Å². The molecule has 0 aliphatic rings. The maximum Gasteiger partial charge on any atom is 0 e. The summed E-state index contributed by atoms with van der Waals surface area (Å²) in [6, 6.07) is 0. The first-order valence-corrected chi connectivity index (χ1v) is 0. The molecule has 4 heteroatoms. The van der Waals surface area contributed by atoms with Crippen LogP contribution in [0, 0.1) is 35.6 Å². The van der Waals surface area contributed by atoms with Gasteiger partial charge >= 0.3 is 18.9 Å². The minimum absolute atomic E-state index is 0. The van der Waals surface area contributed by atoms with Gasteiger partial charge in [-0.1, -0.05) is 0 Å². The molecule has 1 nitrogen and oxygen atoms in total. The molecular weight excluding hydrogens is 227 g/mol. The van der Waals surface area contributed by atoms with Crippen LogP contribution >= 0.6 is 0 Å².